The summed E-state index contributed by atoms with van der Waals surface area (Å²) in [7, 11) is -3.53. The van der Waals surface area contributed by atoms with Crippen LogP contribution in [-0.4, -0.2) is 41.1 Å². The van der Waals surface area contributed by atoms with Crippen molar-refractivity contribution in [2.75, 3.05) is 13.1 Å². The third-order valence-electron chi connectivity index (χ3n) is 4.40. The van der Waals surface area contributed by atoms with Gasteiger partial charge in [-0.15, -0.1) is 0 Å². The van der Waals surface area contributed by atoms with Gasteiger partial charge in [0, 0.05) is 13.1 Å². The number of hydrogen-bond acceptors (Lipinski definition) is 4. The van der Waals surface area contributed by atoms with E-state index in [1.54, 1.807) is 11.2 Å². The van der Waals surface area contributed by atoms with Gasteiger partial charge in [0.2, 0.25) is 10.0 Å². The van der Waals surface area contributed by atoms with Crippen molar-refractivity contribution in [2.24, 2.45) is 11.8 Å². The van der Waals surface area contributed by atoms with Crippen LogP contribution in [0, 0.1) is 18.8 Å². The predicted octanol–water partition coefficient (Wildman–Crippen LogP) is 0.631. The fourth-order valence-corrected chi connectivity index (χ4v) is 5.31. The Morgan fingerprint density at radius 3 is 2.58 bits per heavy atom. The molecule has 0 radical (unpaired) electrons. The van der Waals surface area contributed by atoms with E-state index in [-0.39, 0.29) is 17.2 Å². The maximum atomic E-state index is 12.7. The molecule has 7 heteroatoms. The summed E-state index contributed by atoms with van der Waals surface area (Å²) in [5, 5.41) is 15.7. The number of nitrogens with one attached hydrogen (secondary N) is 1. The molecule has 6 nitrogen and oxygen atoms in total. The summed E-state index contributed by atoms with van der Waals surface area (Å²) in [6.07, 6.45) is 3.48. The first kappa shape index (κ1) is 13.1. The lowest BCUT2D eigenvalue weighted by atomic mass is 10.0. The van der Waals surface area contributed by atoms with Crippen LogP contribution in [0.1, 0.15) is 30.7 Å². The van der Waals surface area contributed by atoms with Crippen molar-refractivity contribution < 1.29 is 13.5 Å². The summed E-state index contributed by atoms with van der Waals surface area (Å²) < 4.78 is 26.9. The zero-order valence-electron chi connectivity index (χ0n) is 11.0. The molecule has 2 atom stereocenters. The Labute approximate surface area is 112 Å². The second-order valence-electron chi connectivity index (χ2n) is 5.56. The Kier molecular flexibility index (Phi) is 3.15. The third kappa shape index (κ3) is 2.00. The lowest BCUT2D eigenvalue weighted by Crippen LogP contribution is -2.30. The van der Waals surface area contributed by atoms with Gasteiger partial charge in [0.15, 0.2) is 0 Å². The molecular formula is C12H19N3O3S. The standard InChI is InChI=1S/C12H19N3O3S/c1-8-12(11(7-16)14-13-8)19(17,18)15-5-9-3-2-4-10(9)6-15/h9-10,16H,2-7H2,1H3,(H,13,14). The van der Waals surface area contributed by atoms with E-state index in [0.29, 0.717) is 30.6 Å². The Morgan fingerprint density at radius 2 is 2.00 bits per heavy atom. The fourth-order valence-electron chi connectivity index (χ4n) is 3.44. The van der Waals surface area contributed by atoms with Gasteiger partial charge in [-0.3, -0.25) is 5.10 Å². The molecule has 106 valence electrons. The van der Waals surface area contributed by atoms with Gasteiger partial charge in [-0.05, 0) is 31.6 Å². The highest BCUT2D eigenvalue weighted by Gasteiger charge is 2.42. The summed E-state index contributed by atoms with van der Waals surface area (Å²) in [5.74, 6) is 1.03. The van der Waals surface area contributed by atoms with Crippen LogP contribution in [0.3, 0.4) is 0 Å². The van der Waals surface area contributed by atoms with E-state index in [4.69, 9.17) is 0 Å². The second kappa shape index (κ2) is 4.57. The number of aliphatic hydroxyl groups excluding tert-OH is 1. The summed E-state index contributed by atoms with van der Waals surface area (Å²) in [5.41, 5.74) is 0.718. The zero-order chi connectivity index (χ0) is 13.6. The first-order valence-electron chi connectivity index (χ1n) is 6.69. The first-order valence-corrected chi connectivity index (χ1v) is 8.13. The monoisotopic (exact) mass is 285 g/mol. The third-order valence-corrected chi connectivity index (χ3v) is 6.44. The number of aromatic amines is 1. The molecule has 2 heterocycles. The summed E-state index contributed by atoms with van der Waals surface area (Å²) in [4.78, 5) is 0.162. The highest BCUT2D eigenvalue weighted by atomic mass is 32.2. The van der Waals surface area contributed by atoms with Gasteiger partial charge < -0.3 is 5.11 Å². The van der Waals surface area contributed by atoms with Gasteiger partial charge in [0.05, 0.1) is 12.3 Å². The van der Waals surface area contributed by atoms with E-state index in [1.807, 2.05) is 0 Å². The molecule has 19 heavy (non-hydrogen) atoms. The van der Waals surface area contributed by atoms with E-state index in [0.717, 1.165) is 12.8 Å². The Bertz CT molecular complexity index is 569. The van der Waals surface area contributed by atoms with Crippen LogP contribution in [0.4, 0.5) is 0 Å². The van der Waals surface area contributed by atoms with Crippen LogP contribution in [0.15, 0.2) is 4.90 Å². The SMILES string of the molecule is Cc1[nH]nc(CO)c1S(=O)(=O)N1CC2CCCC2C1. The van der Waals surface area contributed by atoms with E-state index in [9.17, 15) is 13.5 Å². The average Bonchev–Trinajstić information content (AvgIpc) is 3.00. The summed E-state index contributed by atoms with van der Waals surface area (Å²) in [6, 6.07) is 0. The Hall–Kier alpha value is -0.920. The van der Waals surface area contributed by atoms with Crippen molar-refractivity contribution in [3.63, 3.8) is 0 Å². The number of aryl methyl sites for hydroxylation is 1. The molecule has 1 saturated carbocycles. The van der Waals surface area contributed by atoms with Crippen LogP contribution < -0.4 is 0 Å². The smallest absolute Gasteiger partial charge is 0.246 e. The Morgan fingerprint density at radius 1 is 1.37 bits per heavy atom. The van der Waals surface area contributed by atoms with Crippen molar-refractivity contribution in [3.8, 4) is 0 Å². The molecule has 2 aliphatic rings. The number of fused-ring (bicyclic) bond motifs is 1. The molecule has 0 amide bonds. The van der Waals surface area contributed by atoms with Crippen molar-refractivity contribution in [3.05, 3.63) is 11.4 Å². The number of aliphatic hydroxyl groups is 1. The van der Waals surface area contributed by atoms with Crippen LogP contribution >= 0.6 is 0 Å². The summed E-state index contributed by atoms with van der Waals surface area (Å²) in [6.45, 7) is 2.54. The van der Waals surface area contributed by atoms with Gasteiger partial charge in [0.25, 0.3) is 0 Å². The lowest BCUT2D eigenvalue weighted by Gasteiger charge is -2.17. The van der Waals surface area contributed by atoms with E-state index >= 15 is 0 Å². The first-order chi connectivity index (χ1) is 9.04. The molecule has 0 aromatic carbocycles. The predicted molar refractivity (Wildman–Crippen MR) is 68.8 cm³/mol. The highest BCUT2D eigenvalue weighted by Crippen LogP contribution is 2.40. The molecule has 1 aliphatic carbocycles. The quantitative estimate of drug-likeness (QED) is 0.853. The minimum absolute atomic E-state index is 0.162. The molecule has 2 N–H and O–H groups in total. The van der Waals surface area contributed by atoms with Gasteiger partial charge in [-0.25, -0.2) is 8.42 Å². The van der Waals surface area contributed by atoms with E-state index in [2.05, 4.69) is 10.2 Å². The van der Waals surface area contributed by atoms with Crippen LogP contribution in [0.25, 0.3) is 0 Å². The molecule has 1 aromatic rings. The van der Waals surface area contributed by atoms with Gasteiger partial charge in [0.1, 0.15) is 10.6 Å². The molecule has 3 rings (SSSR count). The molecular weight excluding hydrogens is 266 g/mol. The largest absolute Gasteiger partial charge is 0.390 e. The second-order valence-corrected chi connectivity index (χ2v) is 7.43. The van der Waals surface area contributed by atoms with Crippen molar-refractivity contribution in [1.82, 2.24) is 14.5 Å². The molecule has 1 aliphatic heterocycles. The zero-order valence-corrected chi connectivity index (χ0v) is 11.8. The van der Waals surface area contributed by atoms with Crippen molar-refractivity contribution in [2.45, 2.75) is 37.7 Å². The average molecular weight is 285 g/mol. The maximum Gasteiger partial charge on any atom is 0.246 e. The fraction of sp³-hybridized carbons (Fsp3) is 0.750. The van der Waals surface area contributed by atoms with Crippen molar-refractivity contribution >= 4 is 10.0 Å². The van der Waals surface area contributed by atoms with Gasteiger partial charge in [-0.1, -0.05) is 6.42 Å². The van der Waals surface area contributed by atoms with Crippen LogP contribution in [0.2, 0.25) is 0 Å². The Balaban J connectivity index is 1.93. The topological polar surface area (TPSA) is 86.3 Å². The molecule has 1 aromatic heterocycles. The minimum Gasteiger partial charge on any atom is -0.390 e. The van der Waals surface area contributed by atoms with Crippen molar-refractivity contribution in [1.29, 1.82) is 0 Å². The summed E-state index contributed by atoms with van der Waals surface area (Å²) >= 11 is 0. The number of hydrogen-bond donors (Lipinski definition) is 2. The minimum atomic E-state index is -3.53. The molecule has 0 spiro atoms. The highest BCUT2D eigenvalue weighted by molar-refractivity contribution is 7.89. The van der Waals surface area contributed by atoms with Crippen LogP contribution in [0.5, 0.6) is 0 Å². The normalized spacial score (nSPS) is 27.9. The molecule has 2 unspecified atom stereocenters. The lowest BCUT2D eigenvalue weighted by molar-refractivity contribution is 0.273. The molecule has 0 bridgehead atoms. The number of rotatable bonds is 3. The van der Waals surface area contributed by atoms with E-state index < -0.39 is 10.0 Å². The van der Waals surface area contributed by atoms with Crippen LogP contribution in [-0.2, 0) is 16.6 Å². The number of sulfonamides is 1. The maximum absolute atomic E-state index is 12.7. The number of H-pyrrole nitrogens is 1. The van der Waals surface area contributed by atoms with Gasteiger partial charge >= 0.3 is 0 Å². The number of aromatic nitrogens is 2. The number of nitrogens with zero attached hydrogens (tertiary/aromatic N) is 2. The molecule has 2 fully saturated rings. The van der Waals surface area contributed by atoms with Gasteiger partial charge in [-0.2, -0.15) is 9.40 Å². The van der Waals surface area contributed by atoms with E-state index in [1.165, 1.54) is 6.42 Å². The molecule has 1 saturated heterocycles.